The van der Waals surface area contributed by atoms with Crippen LogP contribution in [0.2, 0.25) is 0 Å². The van der Waals surface area contributed by atoms with Gasteiger partial charge in [-0.25, -0.2) is 4.79 Å². The smallest absolute Gasteiger partial charge is 0.338 e. The Morgan fingerprint density at radius 3 is 2.71 bits per heavy atom. The van der Waals surface area contributed by atoms with E-state index in [4.69, 9.17) is 9.47 Å². The van der Waals surface area contributed by atoms with Crippen LogP contribution in [-0.2, 0) is 4.74 Å². The summed E-state index contributed by atoms with van der Waals surface area (Å²) in [7, 11) is 0. The van der Waals surface area contributed by atoms with Crippen molar-refractivity contribution in [3.8, 4) is 11.5 Å². The van der Waals surface area contributed by atoms with Crippen molar-refractivity contribution in [3.05, 3.63) is 23.8 Å². The Labute approximate surface area is 101 Å². The van der Waals surface area contributed by atoms with Gasteiger partial charge in [-0.05, 0) is 31.0 Å². The van der Waals surface area contributed by atoms with Crippen LogP contribution < -0.4 is 4.74 Å². The third-order valence-corrected chi connectivity index (χ3v) is 2.04. The van der Waals surface area contributed by atoms with Crippen LogP contribution in [0.4, 0.5) is 0 Å². The molecule has 0 atom stereocenters. The average Bonchev–Trinajstić information content (AvgIpc) is 2.29. The number of aromatic hydroxyl groups is 1. The van der Waals surface area contributed by atoms with Gasteiger partial charge in [-0.2, -0.15) is 0 Å². The molecule has 0 amide bonds. The monoisotopic (exact) mass is 238 g/mol. The molecule has 17 heavy (non-hydrogen) atoms. The highest BCUT2D eigenvalue weighted by molar-refractivity contribution is 5.90. The van der Waals surface area contributed by atoms with Gasteiger partial charge in [0.15, 0.2) is 11.5 Å². The molecule has 1 N–H and O–H groups in total. The molecule has 0 heterocycles. The molecule has 0 bridgehead atoms. The minimum atomic E-state index is -0.403. The van der Waals surface area contributed by atoms with Gasteiger partial charge in [0.2, 0.25) is 0 Å². The summed E-state index contributed by atoms with van der Waals surface area (Å²) in [5, 5.41) is 9.49. The van der Waals surface area contributed by atoms with E-state index in [1.54, 1.807) is 0 Å². The van der Waals surface area contributed by atoms with Crippen molar-refractivity contribution in [2.45, 2.75) is 20.8 Å². The molecule has 1 aromatic carbocycles. The zero-order valence-electron chi connectivity index (χ0n) is 10.4. The molecule has 0 aliphatic rings. The number of ether oxygens (including phenoxy) is 2. The maximum absolute atomic E-state index is 11.7. The molecular weight excluding hydrogens is 220 g/mol. The normalized spacial score (nSPS) is 10.4. The van der Waals surface area contributed by atoms with E-state index in [1.165, 1.54) is 18.2 Å². The van der Waals surface area contributed by atoms with E-state index < -0.39 is 5.97 Å². The number of hydrogen-bond donors (Lipinski definition) is 1. The summed E-state index contributed by atoms with van der Waals surface area (Å²) >= 11 is 0. The Hall–Kier alpha value is -1.71. The first-order valence-corrected chi connectivity index (χ1v) is 5.67. The van der Waals surface area contributed by atoms with Crippen LogP contribution in [0.25, 0.3) is 0 Å². The summed E-state index contributed by atoms with van der Waals surface area (Å²) in [4.78, 5) is 11.7. The zero-order chi connectivity index (χ0) is 12.8. The molecule has 0 aliphatic heterocycles. The van der Waals surface area contributed by atoms with E-state index in [0.717, 1.165) is 0 Å². The number of hydrogen-bond acceptors (Lipinski definition) is 4. The first-order chi connectivity index (χ1) is 8.04. The van der Waals surface area contributed by atoms with Crippen molar-refractivity contribution in [3.63, 3.8) is 0 Å². The second kappa shape index (κ2) is 6.13. The van der Waals surface area contributed by atoms with Crippen LogP contribution in [0, 0.1) is 5.92 Å². The van der Waals surface area contributed by atoms with Crippen LogP contribution in [0.15, 0.2) is 18.2 Å². The Morgan fingerprint density at radius 1 is 1.41 bits per heavy atom. The molecule has 1 aromatic rings. The number of carbonyl (C=O) groups excluding carboxylic acids is 1. The lowest BCUT2D eigenvalue weighted by Gasteiger charge is -2.09. The fourth-order valence-corrected chi connectivity index (χ4v) is 1.24. The molecule has 0 aromatic heterocycles. The van der Waals surface area contributed by atoms with E-state index in [2.05, 4.69) is 0 Å². The van der Waals surface area contributed by atoms with Crippen molar-refractivity contribution in [1.82, 2.24) is 0 Å². The minimum Gasteiger partial charge on any atom is -0.504 e. The fraction of sp³-hybridized carbons (Fsp3) is 0.462. The highest BCUT2D eigenvalue weighted by atomic mass is 16.5. The molecule has 0 saturated heterocycles. The third kappa shape index (κ3) is 3.98. The van der Waals surface area contributed by atoms with E-state index in [0.29, 0.717) is 30.4 Å². The Bertz CT molecular complexity index is 385. The van der Waals surface area contributed by atoms with Crippen molar-refractivity contribution >= 4 is 5.97 Å². The fourth-order valence-electron chi connectivity index (χ4n) is 1.24. The highest BCUT2D eigenvalue weighted by Crippen LogP contribution is 2.27. The van der Waals surface area contributed by atoms with Crippen molar-refractivity contribution in [1.29, 1.82) is 0 Å². The van der Waals surface area contributed by atoms with Gasteiger partial charge in [-0.3, -0.25) is 0 Å². The standard InChI is InChI=1S/C13H18O4/c1-4-16-12-7-10(5-6-11(12)14)13(15)17-8-9(2)3/h5-7,9,14H,4,8H2,1-3H3. The van der Waals surface area contributed by atoms with Gasteiger partial charge in [0.1, 0.15) is 0 Å². The molecule has 0 aliphatic carbocycles. The SMILES string of the molecule is CCOc1cc(C(=O)OCC(C)C)ccc1O. The van der Waals surface area contributed by atoms with E-state index >= 15 is 0 Å². The number of carbonyl (C=O) groups is 1. The van der Waals surface area contributed by atoms with Gasteiger partial charge in [0.05, 0.1) is 18.8 Å². The molecule has 4 nitrogen and oxygen atoms in total. The molecule has 0 saturated carbocycles. The Balaban J connectivity index is 2.76. The van der Waals surface area contributed by atoms with Crippen LogP contribution >= 0.6 is 0 Å². The van der Waals surface area contributed by atoms with Gasteiger partial charge in [-0.1, -0.05) is 13.8 Å². The van der Waals surface area contributed by atoms with Gasteiger partial charge in [0, 0.05) is 0 Å². The number of benzene rings is 1. The quantitative estimate of drug-likeness (QED) is 0.801. The van der Waals surface area contributed by atoms with Gasteiger partial charge in [-0.15, -0.1) is 0 Å². The minimum absolute atomic E-state index is 0.0206. The predicted octanol–water partition coefficient (Wildman–Crippen LogP) is 2.60. The summed E-state index contributed by atoms with van der Waals surface area (Å²) in [5.74, 6) is 0.209. The van der Waals surface area contributed by atoms with Crippen LogP contribution in [0.3, 0.4) is 0 Å². The summed E-state index contributed by atoms with van der Waals surface area (Å²) in [5.41, 5.74) is 0.381. The number of phenolic OH excluding ortho intramolecular Hbond substituents is 1. The van der Waals surface area contributed by atoms with E-state index in [1.807, 2.05) is 20.8 Å². The van der Waals surface area contributed by atoms with Crippen LogP contribution in [0.1, 0.15) is 31.1 Å². The van der Waals surface area contributed by atoms with Crippen molar-refractivity contribution in [2.75, 3.05) is 13.2 Å². The lowest BCUT2D eigenvalue weighted by atomic mass is 10.2. The van der Waals surface area contributed by atoms with Crippen molar-refractivity contribution < 1.29 is 19.4 Å². The van der Waals surface area contributed by atoms with Crippen LogP contribution in [0.5, 0.6) is 11.5 Å². The first-order valence-electron chi connectivity index (χ1n) is 5.67. The summed E-state index contributed by atoms with van der Waals surface area (Å²) in [6.07, 6.45) is 0. The van der Waals surface area contributed by atoms with Gasteiger partial charge in [0.25, 0.3) is 0 Å². The predicted molar refractivity (Wildman–Crippen MR) is 64.4 cm³/mol. The maximum Gasteiger partial charge on any atom is 0.338 e. The largest absolute Gasteiger partial charge is 0.504 e. The Morgan fingerprint density at radius 2 is 2.12 bits per heavy atom. The molecule has 1 rings (SSSR count). The third-order valence-electron chi connectivity index (χ3n) is 2.04. The van der Waals surface area contributed by atoms with Crippen LogP contribution in [-0.4, -0.2) is 24.3 Å². The molecule has 0 fully saturated rings. The molecule has 4 heteroatoms. The zero-order valence-corrected chi connectivity index (χ0v) is 10.4. The second-order valence-corrected chi connectivity index (χ2v) is 4.11. The lowest BCUT2D eigenvalue weighted by molar-refractivity contribution is 0.0458. The second-order valence-electron chi connectivity index (χ2n) is 4.11. The van der Waals surface area contributed by atoms with Gasteiger partial charge < -0.3 is 14.6 Å². The number of phenols is 1. The highest BCUT2D eigenvalue weighted by Gasteiger charge is 2.11. The van der Waals surface area contributed by atoms with E-state index in [-0.39, 0.29) is 5.75 Å². The van der Waals surface area contributed by atoms with E-state index in [9.17, 15) is 9.90 Å². The number of rotatable bonds is 5. The summed E-state index contributed by atoms with van der Waals surface area (Å²) < 4.78 is 10.3. The lowest BCUT2D eigenvalue weighted by Crippen LogP contribution is -2.10. The topological polar surface area (TPSA) is 55.8 Å². The molecule has 94 valence electrons. The number of esters is 1. The first kappa shape index (κ1) is 13.4. The van der Waals surface area contributed by atoms with Crippen molar-refractivity contribution in [2.24, 2.45) is 5.92 Å². The molecular formula is C13H18O4. The van der Waals surface area contributed by atoms with Gasteiger partial charge >= 0.3 is 5.97 Å². The summed E-state index contributed by atoms with van der Waals surface area (Å²) in [6, 6.07) is 4.43. The molecule has 0 spiro atoms. The maximum atomic E-state index is 11.7. The average molecular weight is 238 g/mol. The summed E-state index contributed by atoms with van der Waals surface area (Å²) in [6.45, 7) is 6.55. The molecule has 0 unspecified atom stereocenters. The Kier molecular flexibility index (Phi) is 4.82. The molecule has 0 radical (unpaired) electrons.